The van der Waals surface area contributed by atoms with E-state index in [0.29, 0.717) is 17.5 Å². The van der Waals surface area contributed by atoms with Crippen molar-refractivity contribution in [1.82, 2.24) is 0 Å². The lowest BCUT2D eigenvalue weighted by molar-refractivity contribution is 0.0373. The minimum Gasteiger partial charge on any atom is -0.478 e. The number of esters is 4. The van der Waals surface area contributed by atoms with E-state index in [-0.39, 0.29) is 22.6 Å². The second-order valence-corrected chi connectivity index (χ2v) is 7.77. The van der Waals surface area contributed by atoms with Gasteiger partial charge in [-0.05, 0) is 53.8 Å². The van der Waals surface area contributed by atoms with Crippen LogP contribution in [-0.2, 0) is 15.9 Å². The fourth-order valence-corrected chi connectivity index (χ4v) is 3.87. The van der Waals surface area contributed by atoms with Gasteiger partial charge in [0.1, 0.15) is 0 Å². The van der Waals surface area contributed by atoms with Gasteiger partial charge in [-0.1, -0.05) is 43.3 Å². The van der Waals surface area contributed by atoms with Crippen LogP contribution < -0.4 is 0 Å². The van der Waals surface area contributed by atoms with Crippen molar-refractivity contribution in [3.63, 3.8) is 0 Å². The molecule has 0 amide bonds. The predicted octanol–water partition coefficient (Wildman–Crippen LogP) is 4.04. The molecule has 8 heteroatoms. The van der Waals surface area contributed by atoms with Crippen LogP contribution in [0, 0.1) is 0 Å². The molecule has 0 fully saturated rings. The summed E-state index contributed by atoms with van der Waals surface area (Å²) in [4.78, 5) is 62.6. The highest BCUT2D eigenvalue weighted by Gasteiger charge is 2.27. The summed E-state index contributed by atoms with van der Waals surface area (Å²) in [6.45, 7) is 1.85. The number of aromatic carboxylic acids is 1. The number of benzene rings is 3. The van der Waals surface area contributed by atoms with E-state index >= 15 is 0 Å². The SMILES string of the molecule is CC1Cc2ccccc2C(=O)OC(=O)c2ccc(cc2C(=O)O)C(=O)OC(=O)c2ccccc21. The molecule has 0 aliphatic carbocycles. The molecule has 0 radical (unpaired) electrons. The van der Waals surface area contributed by atoms with Gasteiger partial charge in [0, 0.05) is 0 Å². The molecule has 8 nitrogen and oxygen atoms in total. The molecule has 34 heavy (non-hydrogen) atoms. The van der Waals surface area contributed by atoms with Gasteiger partial charge in [-0.15, -0.1) is 0 Å². The van der Waals surface area contributed by atoms with Crippen molar-refractivity contribution in [2.45, 2.75) is 19.3 Å². The average molecular weight is 458 g/mol. The van der Waals surface area contributed by atoms with Crippen LogP contribution in [0.3, 0.4) is 0 Å². The number of carbonyl (C=O) groups excluding carboxylic acids is 4. The van der Waals surface area contributed by atoms with Crippen molar-refractivity contribution < 1.29 is 38.6 Å². The van der Waals surface area contributed by atoms with E-state index in [0.717, 1.165) is 18.2 Å². The number of carbonyl (C=O) groups is 5. The Kier molecular flexibility index (Phi) is 6.05. The first-order valence-corrected chi connectivity index (χ1v) is 10.3. The maximum Gasteiger partial charge on any atom is 0.346 e. The zero-order valence-electron chi connectivity index (χ0n) is 17.9. The maximum atomic E-state index is 12.8. The highest BCUT2D eigenvalue weighted by atomic mass is 16.6. The minimum atomic E-state index is -1.53. The van der Waals surface area contributed by atoms with Crippen molar-refractivity contribution in [2.75, 3.05) is 0 Å². The summed E-state index contributed by atoms with van der Waals surface area (Å²) in [6.07, 6.45) is 0.311. The zero-order valence-corrected chi connectivity index (χ0v) is 17.9. The zero-order chi connectivity index (χ0) is 24.4. The van der Waals surface area contributed by atoms with Gasteiger partial charge in [-0.25, -0.2) is 24.0 Å². The molecular weight excluding hydrogens is 440 g/mol. The molecule has 0 saturated heterocycles. The third kappa shape index (κ3) is 4.33. The Labute approximate surface area is 193 Å². The van der Waals surface area contributed by atoms with Crippen LogP contribution in [0.15, 0.2) is 66.7 Å². The third-order valence-electron chi connectivity index (χ3n) is 5.55. The first-order chi connectivity index (χ1) is 16.3. The van der Waals surface area contributed by atoms with Crippen LogP contribution in [-0.4, -0.2) is 35.0 Å². The monoisotopic (exact) mass is 458 g/mol. The molecule has 5 rings (SSSR count). The van der Waals surface area contributed by atoms with E-state index in [1.165, 1.54) is 12.1 Å². The largest absolute Gasteiger partial charge is 0.478 e. The van der Waals surface area contributed by atoms with E-state index in [1.807, 2.05) is 6.92 Å². The lowest BCUT2D eigenvalue weighted by atomic mass is 9.88. The van der Waals surface area contributed by atoms with Gasteiger partial charge in [-0.2, -0.15) is 0 Å². The van der Waals surface area contributed by atoms with Crippen molar-refractivity contribution in [2.24, 2.45) is 0 Å². The van der Waals surface area contributed by atoms with Crippen LogP contribution in [0.1, 0.15) is 75.8 Å². The number of carboxylic acids is 1. The van der Waals surface area contributed by atoms with Crippen molar-refractivity contribution >= 4 is 29.8 Å². The molecule has 2 bridgehead atoms. The molecule has 2 aliphatic heterocycles. The fraction of sp³-hybridized carbons (Fsp3) is 0.115. The lowest BCUT2D eigenvalue weighted by Crippen LogP contribution is -2.20. The summed E-state index contributed by atoms with van der Waals surface area (Å²) < 4.78 is 10.00. The molecule has 0 saturated carbocycles. The van der Waals surface area contributed by atoms with E-state index in [2.05, 4.69) is 0 Å². The second-order valence-electron chi connectivity index (χ2n) is 7.77. The van der Waals surface area contributed by atoms with E-state index in [9.17, 15) is 29.1 Å². The van der Waals surface area contributed by atoms with Crippen LogP contribution in [0.5, 0.6) is 0 Å². The van der Waals surface area contributed by atoms with Crippen LogP contribution in [0.25, 0.3) is 0 Å². The molecule has 2 aliphatic rings. The van der Waals surface area contributed by atoms with Gasteiger partial charge in [0.15, 0.2) is 0 Å². The Bertz CT molecular complexity index is 1350. The first kappa shape index (κ1) is 22.6. The Morgan fingerprint density at radius 3 is 2.09 bits per heavy atom. The molecule has 1 unspecified atom stereocenters. The topological polar surface area (TPSA) is 124 Å². The van der Waals surface area contributed by atoms with E-state index in [1.54, 1.807) is 36.4 Å². The summed E-state index contributed by atoms with van der Waals surface area (Å²) in [7, 11) is 0. The molecule has 1 atom stereocenters. The first-order valence-electron chi connectivity index (χ1n) is 10.3. The summed E-state index contributed by atoms with van der Waals surface area (Å²) in [6, 6.07) is 16.2. The van der Waals surface area contributed by atoms with Crippen molar-refractivity contribution in [1.29, 1.82) is 0 Å². The highest BCUT2D eigenvalue weighted by Crippen LogP contribution is 2.27. The van der Waals surface area contributed by atoms with Crippen LogP contribution in [0.2, 0.25) is 0 Å². The Morgan fingerprint density at radius 1 is 0.765 bits per heavy atom. The van der Waals surface area contributed by atoms with Crippen molar-refractivity contribution in [3.05, 3.63) is 106 Å². The molecule has 2 heterocycles. The number of ether oxygens (including phenoxy) is 2. The number of carboxylic acid groups (broad SMARTS) is 1. The smallest absolute Gasteiger partial charge is 0.346 e. The Morgan fingerprint density at radius 2 is 1.35 bits per heavy atom. The highest BCUT2D eigenvalue weighted by molar-refractivity contribution is 6.10. The van der Waals surface area contributed by atoms with Crippen molar-refractivity contribution in [3.8, 4) is 0 Å². The van der Waals surface area contributed by atoms with E-state index < -0.39 is 41.0 Å². The normalized spacial score (nSPS) is 16.3. The summed E-state index contributed by atoms with van der Waals surface area (Å²) >= 11 is 0. The number of hydrogen-bond acceptors (Lipinski definition) is 7. The van der Waals surface area contributed by atoms with Crippen LogP contribution in [0.4, 0.5) is 0 Å². The number of hydrogen-bond donors (Lipinski definition) is 1. The summed E-state index contributed by atoms with van der Waals surface area (Å²) in [5.41, 5.74) is 0.207. The van der Waals surface area contributed by atoms with Gasteiger partial charge in [0.2, 0.25) is 0 Å². The molecule has 0 spiro atoms. The van der Waals surface area contributed by atoms with Gasteiger partial charge < -0.3 is 14.6 Å². The number of rotatable bonds is 1. The lowest BCUT2D eigenvalue weighted by Gasteiger charge is -2.18. The maximum absolute atomic E-state index is 12.8. The fourth-order valence-electron chi connectivity index (χ4n) is 3.87. The molecule has 3 aromatic carbocycles. The molecule has 0 aromatic heterocycles. The quantitative estimate of drug-likeness (QED) is 0.428. The Hall–Kier alpha value is -4.59. The van der Waals surface area contributed by atoms with Gasteiger partial charge in [0.25, 0.3) is 0 Å². The minimum absolute atomic E-state index is 0.138. The van der Waals surface area contributed by atoms with Gasteiger partial charge in [0.05, 0.1) is 27.8 Å². The molecule has 3 aromatic rings. The predicted molar refractivity (Wildman–Crippen MR) is 118 cm³/mol. The summed E-state index contributed by atoms with van der Waals surface area (Å²) in [5, 5.41) is 9.54. The summed E-state index contributed by atoms with van der Waals surface area (Å²) in [5.74, 6) is -5.90. The number of fused-ring (bicyclic) bond motifs is 7. The van der Waals surface area contributed by atoms with Gasteiger partial charge >= 0.3 is 29.8 Å². The average Bonchev–Trinajstić information content (AvgIpc) is 2.83. The van der Waals surface area contributed by atoms with E-state index in [4.69, 9.17) is 9.47 Å². The second kappa shape index (κ2) is 9.11. The molecular formula is C26H18O8. The Balaban J connectivity index is 1.88. The molecule has 1 N–H and O–H groups in total. The standard InChI is InChI=1S/C26H18O8/c1-14-12-15-6-2-3-8-18(15)24(30)34-26(32)20-11-10-16(13-21(20)22(27)28)23(29)33-25(31)19-9-5-4-7-17(14)19/h2-11,13-14H,12H2,1H3,(H,27,28). The van der Waals surface area contributed by atoms with Gasteiger partial charge in [-0.3, -0.25) is 0 Å². The third-order valence-corrected chi connectivity index (χ3v) is 5.55. The molecule has 170 valence electrons. The van der Waals surface area contributed by atoms with Crippen LogP contribution >= 0.6 is 0 Å².